The van der Waals surface area contributed by atoms with Crippen LogP contribution in [0.3, 0.4) is 0 Å². The topological polar surface area (TPSA) is 45.6 Å². The predicted molar refractivity (Wildman–Crippen MR) is 90.9 cm³/mol. The minimum atomic E-state index is -0.331. The maximum atomic E-state index is 6.11. The molecule has 0 aromatic heterocycles. The minimum absolute atomic E-state index is 0.331. The Morgan fingerprint density at radius 1 is 1.33 bits per heavy atom. The molecule has 1 atom stereocenters. The lowest BCUT2D eigenvalue weighted by Gasteiger charge is -2.18. The van der Waals surface area contributed by atoms with E-state index in [0.29, 0.717) is 0 Å². The van der Waals surface area contributed by atoms with Crippen LogP contribution in [0.4, 0.5) is 0 Å². The molecule has 1 aliphatic carbocycles. The lowest BCUT2D eigenvalue weighted by atomic mass is 10.1. The zero-order chi connectivity index (χ0) is 15.1. The second-order valence-corrected chi connectivity index (χ2v) is 5.35. The highest BCUT2D eigenvalue weighted by molar-refractivity contribution is 7.80. The van der Waals surface area contributed by atoms with E-state index in [4.69, 9.17) is 16.3 Å². The standard InChI is InChI=1S/C15H18ClN3OS/c1-20-14-9-5-2-6-11(14)10-17-19-15(21)18-13-8-4-3-7-12(13)16/h2,5-10,15,18-19,21H,3-4H2,1H3/b17-10+. The maximum Gasteiger partial charge on any atom is 0.158 e. The van der Waals surface area contributed by atoms with Crippen LogP contribution in [-0.4, -0.2) is 18.8 Å². The summed E-state index contributed by atoms with van der Waals surface area (Å²) >= 11 is 10.5. The SMILES string of the molecule is COc1ccccc1/C=N/NC(S)NC1=CCCC=C1Cl. The summed E-state index contributed by atoms with van der Waals surface area (Å²) in [6, 6.07) is 7.65. The van der Waals surface area contributed by atoms with Crippen LogP contribution in [0.15, 0.2) is 52.2 Å². The number of allylic oxidation sites excluding steroid dienone is 3. The van der Waals surface area contributed by atoms with Crippen LogP contribution in [0.1, 0.15) is 18.4 Å². The highest BCUT2D eigenvalue weighted by Gasteiger charge is 2.09. The molecular weight excluding hydrogens is 306 g/mol. The molecule has 0 radical (unpaired) electrons. The van der Waals surface area contributed by atoms with Crippen molar-refractivity contribution in [3.8, 4) is 5.75 Å². The summed E-state index contributed by atoms with van der Waals surface area (Å²) < 4.78 is 5.25. The van der Waals surface area contributed by atoms with Crippen LogP contribution in [0, 0.1) is 0 Å². The number of halogens is 1. The van der Waals surface area contributed by atoms with Gasteiger partial charge in [-0.15, -0.1) is 12.6 Å². The molecule has 0 heterocycles. The molecule has 112 valence electrons. The summed E-state index contributed by atoms with van der Waals surface area (Å²) in [4.78, 5) is 0. The van der Waals surface area contributed by atoms with Gasteiger partial charge >= 0.3 is 0 Å². The smallest absolute Gasteiger partial charge is 0.158 e. The summed E-state index contributed by atoms with van der Waals surface area (Å²) in [7, 11) is 1.63. The molecule has 1 aromatic rings. The van der Waals surface area contributed by atoms with E-state index in [2.05, 4.69) is 34.5 Å². The van der Waals surface area contributed by atoms with Gasteiger partial charge in [0, 0.05) is 5.56 Å². The Balaban J connectivity index is 1.89. The van der Waals surface area contributed by atoms with Crippen molar-refractivity contribution in [2.24, 2.45) is 5.10 Å². The van der Waals surface area contributed by atoms with Crippen LogP contribution >= 0.6 is 24.2 Å². The third kappa shape index (κ3) is 4.72. The fourth-order valence-electron chi connectivity index (χ4n) is 1.90. The number of ether oxygens (including phenoxy) is 1. The van der Waals surface area contributed by atoms with Crippen LogP contribution in [0.25, 0.3) is 0 Å². The Morgan fingerprint density at radius 2 is 2.10 bits per heavy atom. The second kappa shape index (κ2) is 8.00. The van der Waals surface area contributed by atoms with Gasteiger partial charge in [-0.25, -0.2) is 0 Å². The number of nitrogens with one attached hydrogen (secondary N) is 2. The van der Waals surface area contributed by atoms with Gasteiger partial charge in [0.15, 0.2) is 5.50 Å². The number of hydrogen-bond donors (Lipinski definition) is 3. The van der Waals surface area contributed by atoms with E-state index < -0.39 is 0 Å². The highest BCUT2D eigenvalue weighted by atomic mass is 35.5. The average molecular weight is 324 g/mol. The number of hydrazone groups is 1. The van der Waals surface area contributed by atoms with E-state index >= 15 is 0 Å². The zero-order valence-electron chi connectivity index (χ0n) is 11.7. The second-order valence-electron chi connectivity index (χ2n) is 4.42. The fraction of sp³-hybridized carbons (Fsp3) is 0.267. The predicted octanol–water partition coefficient (Wildman–Crippen LogP) is 3.22. The summed E-state index contributed by atoms with van der Waals surface area (Å²) in [5.41, 5.74) is 4.33. The van der Waals surface area contributed by atoms with Crippen molar-refractivity contribution in [1.29, 1.82) is 0 Å². The summed E-state index contributed by atoms with van der Waals surface area (Å²) in [6.07, 6.45) is 7.68. The van der Waals surface area contributed by atoms with E-state index in [1.54, 1.807) is 13.3 Å². The number of thiol groups is 1. The first-order valence-electron chi connectivity index (χ1n) is 6.63. The summed E-state index contributed by atoms with van der Waals surface area (Å²) in [5, 5.41) is 8.03. The summed E-state index contributed by atoms with van der Waals surface area (Å²) in [5.74, 6) is 0.771. The van der Waals surface area contributed by atoms with Crippen molar-refractivity contribution >= 4 is 30.4 Å². The monoisotopic (exact) mass is 323 g/mol. The molecule has 0 saturated carbocycles. The van der Waals surface area contributed by atoms with Crippen LogP contribution in [-0.2, 0) is 0 Å². The van der Waals surface area contributed by atoms with Gasteiger partial charge in [0.1, 0.15) is 5.75 Å². The largest absolute Gasteiger partial charge is 0.496 e. The first-order chi connectivity index (χ1) is 10.2. The molecule has 0 amide bonds. The lowest BCUT2D eigenvalue weighted by molar-refractivity contribution is 0.414. The number of benzene rings is 1. The fourth-order valence-corrected chi connectivity index (χ4v) is 2.35. The lowest BCUT2D eigenvalue weighted by Crippen LogP contribution is -2.34. The van der Waals surface area contributed by atoms with E-state index in [9.17, 15) is 0 Å². The average Bonchev–Trinajstić information content (AvgIpc) is 2.50. The summed E-state index contributed by atoms with van der Waals surface area (Å²) in [6.45, 7) is 0. The molecule has 0 aliphatic heterocycles. The molecule has 1 aromatic carbocycles. The van der Waals surface area contributed by atoms with Gasteiger partial charge in [-0.05, 0) is 25.0 Å². The highest BCUT2D eigenvalue weighted by Crippen LogP contribution is 2.20. The molecule has 0 saturated heterocycles. The molecule has 2 rings (SSSR count). The number of para-hydroxylation sites is 1. The van der Waals surface area contributed by atoms with Crippen LogP contribution in [0.2, 0.25) is 0 Å². The van der Waals surface area contributed by atoms with E-state index in [0.717, 1.165) is 34.9 Å². The Kier molecular flexibility index (Phi) is 6.02. The van der Waals surface area contributed by atoms with Gasteiger partial charge in [-0.1, -0.05) is 35.9 Å². The number of rotatable bonds is 6. The van der Waals surface area contributed by atoms with Gasteiger partial charge in [0.25, 0.3) is 0 Å². The van der Waals surface area contributed by atoms with Crippen molar-refractivity contribution in [3.63, 3.8) is 0 Å². The van der Waals surface area contributed by atoms with Gasteiger partial charge in [-0.3, -0.25) is 5.43 Å². The quantitative estimate of drug-likeness (QED) is 0.326. The Labute approximate surface area is 135 Å². The normalized spacial score (nSPS) is 16.1. The van der Waals surface area contributed by atoms with Crippen molar-refractivity contribution in [3.05, 3.63) is 52.7 Å². The molecule has 1 unspecified atom stereocenters. The van der Waals surface area contributed by atoms with E-state index in [1.165, 1.54) is 0 Å². The molecule has 21 heavy (non-hydrogen) atoms. The number of nitrogens with zero attached hydrogens (tertiary/aromatic N) is 1. The van der Waals surface area contributed by atoms with Crippen molar-refractivity contribution < 1.29 is 4.74 Å². The van der Waals surface area contributed by atoms with Crippen LogP contribution < -0.4 is 15.5 Å². The Morgan fingerprint density at radius 3 is 2.86 bits per heavy atom. The van der Waals surface area contributed by atoms with Gasteiger partial charge in [0.05, 0.1) is 24.1 Å². The molecule has 6 heteroatoms. The molecule has 2 N–H and O–H groups in total. The van der Waals surface area contributed by atoms with Crippen LogP contribution in [0.5, 0.6) is 5.75 Å². The van der Waals surface area contributed by atoms with E-state index in [-0.39, 0.29) is 5.50 Å². The molecular formula is C15H18ClN3OS. The molecule has 0 spiro atoms. The molecule has 0 fully saturated rings. The number of hydrogen-bond acceptors (Lipinski definition) is 5. The minimum Gasteiger partial charge on any atom is -0.496 e. The first kappa shape index (κ1) is 15.8. The van der Waals surface area contributed by atoms with Crippen molar-refractivity contribution in [1.82, 2.24) is 10.7 Å². The molecule has 1 aliphatic rings. The van der Waals surface area contributed by atoms with Gasteiger partial charge < -0.3 is 10.1 Å². The zero-order valence-corrected chi connectivity index (χ0v) is 13.4. The number of methoxy groups -OCH3 is 1. The molecule has 0 bridgehead atoms. The first-order valence-corrected chi connectivity index (χ1v) is 7.52. The van der Waals surface area contributed by atoms with Crippen molar-refractivity contribution in [2.75, 3.05) is 7.11 Å². The van der Waals surface area contributed by atoms with Gasteiger partial charge in [-0.2, -0.15) is 5.10 Å². The van der Waals surface area contributed by atoms with Crippen molar-refractivity contribution in [2.45, 2.75) is 18.3 Å². The third-order valence-corrected chi connectivity index (χ3v) is 3.53. The maximum absolute atomic E-state index is 6.11. The van der Waals surface area contributed by atoms with Gasteiger partial charge in [0.2, 0.25) is 0 Å². The Hall–Kier alpha value is -1.59. The van der Waals surface area contributed by atoms with E-state index in [1.807, 2.05) is 30.3 Å². The Bertz CT molecular complexity index is 572. The molecule has 4 nitrogen and oxygen atoms in total. The third-order valence-electron chi connectivity index (χ3n) is 2.93.